The SMILES string of the molecule is CCOc1ccc(C2=C(C=NCCc3c[nH]c4ccccc34)[C@@H](c3ccc(F)cc3)c3ccccc3O2)cc1. The highest BCUT2D eigenvalue weighted by Crippen LogP contribution is 2.45. The van der Waals surface area contributed by atoms with E-state index in [1.807, 2.05) is 73.8 Å². The van der Waals surface area contributed by atoms with Gasteiger partial charge in [0.1, 0.15) is 23.1 Å². The Morgan fingerprint density at radius 2 is 1.69 bits per heavy atom. The van der Waals surface area contributed by atoms with Gasteiger partial charge in [0.15, 0.2) is 0 Å². The molecule has 5 heteroatoms. The number of halogens is 1. The van der Waals surface area contributed by atoms with Gasteiger partial charge in [-0.2, -0.15) is 0 Å². The topological polar surface area (TPSA) is 46.6 Å². The fourth-order valence-electron chi connectivity index (χ4n) is 5.21. The minimum absolute atomic E-state index is 0.158. The van der Waals surface area contributed by atoms with Gasteiger partial charge in [0.25, 0.3) is 0 Å². The molecule has 1 N–H and O–H groups in total. The van der Waals surface area contributed by atoms with Crippen molar-refractivity contribution in [3.8, 4) is 11.5 Å². The number of para-hydroxylation sites is 2. The highest BCUT2D eigenvalue weighted by Gasteiger charge is 2.31. The van der Waals surface area contributed by atoms with Crippen molar-refractivity contribution in [2.45, 2.75) is 19.3 Å². The maximum atomic E-state index is 13.9. The van der Waals surface area contributed by atoms with Gasteiger partial charge < -0.3 is 14.5 Å². The molecule has 2 heterocycles. The van der Waals surface area contributed by atoms with Crippen LogP contribution in [0.15, 0.2) is 114 Å². The second-order valence-electron chi connectivity index (χ2n) is 9.51. The van der Waals surface area contributed by atoms with Crippen LogP contribution < -0.4 is 9.47 Å². The maximum Gasteiger partial charge on any atom is 0.140 e. The summed E-state index contributed by atoms with van der Waals surface area (Å²) in [7, 11) is 0. The Balaban J connectivity index is 1.40. The summed E-state index contributed by atoms with van der Waals surface area (Å²) in [6, 6.07) is 31.0. The maximum absolute atomic E-state index is 13.9. The number of aromatic nitrogens is 1. The molecule has 0 spiro atoms. The first-order valence-corrected chi connectivity index (χ1v) is 13.3. The summed E-state index contributed by atoms with van der Waals surface area (Å²) in [4.78, 5) is 8.23. The molecule has 194 valence electrons. The van der Waals surface area contributed by atoms with Crippen LogP contribution in [0.3, 0.4) is 0 Å². The van der Waals surface area contributed by atoms with E-state index in [-0.39, 0.29) is 11.7 Å². The average molecular weight is 517 g/mol. The number of ether oxygens (including phenoxy) is 2. The zero-order valence-corrected chi connectivity index (χ0v) is 21.7. The van der Waals surface area contributed by atoms with Crippen molar-refractivity contribution < 1.29 is 13.9 Å². The van der Waals surface area contributed by atoms with Gasteiger partial charge in [-0.25, -0.2) is 4.39 Å². The highest BCUT2D eigenvalue weighted by molar-refractivity contribution is 5.94. The first-order chi connectivity index (χ1) is 19.2. The number of aliphatic imine (C=N–C) groups is 1. The first-order valence-electron chi connectivity index (χ1n) is 13.3. The Labute approximate surface area is 227 Å². The van der Waals surface area contributed by atoms with Crippen LogP contribution in [0.4, 0.5) is 4.39 Å². The molecule has 1 atom stereocenters. The standard InChI is InChI=1S/C34H29FN2O2/c1-2-38-27-17-13-24(14-18-27)34-30(22-36-20-19-25-21-37-31-9-5-3-7-28(25)31)33(23-11-15-26(35)16-12-23)29-8-4-6-10-32(29)39-34/h3-18,21-22,33,37H,2,19-20H2,1H3/t33-/m0/s1. The lowest BCUT2D eigenvalue weighted by Crippen LogP contribution is -2.17. The molecule has 0 saturated carbocycles. The summed E-state index contributed by atoms with van der Waals surface area (Å²) in [6.07, 6.45) is 4.81. The number of fused-ring (bicyclic) bond motifs is 2. The van der Waals surface area contributed by atoms with Gasteiger partial charge in [-0.3, -0.25) is 4.99 Å². The molecule has 0 unspecified atom stereocenters. The predicted octanol–water partition coefficient (Wildman–Crippen LogP) is 7.95. The third kappa shape index (κ3) is 5.08. The number of allylic oxidation sites excluding steroid dienone is 1. The zero-order chi connectivity index (χ0) is 26.6. The van der Waals surface area contributed by atoms with Crippen molar-refractivity contribution in [1.29, 1.82) is 0 Å². The molecule has 0 aliphatic carbocycles. The molecule has 0 fully saturated rings. The van der Waals surface area contributed by atoms with Crippen LogP contribution in [-0.2, 0) is 6.42 Å². The molecule has 1 aliphatic heterocycles. The van der Waals surface area contributed by atoms with Crippen molar-refractivity contribution >= 4 is 22.9 Å². The Morgan fingerprint density at radius 1 is 0.923 bits per heavy atom. The first kappa shape index (κ1) is 24.7. The van der Waals surface area contributed by atoms with Gasteiger partial charge in [-0.05, 0) is 73.0 Å². The summed E-state index contributed by atoms with van der Waals surface area (Å²) >= 11 is 0. The Kier molecular flexibility index (Phi) is 6.96. The van der Waals surface area contributed by atoms with Crippen LogP contribution in [0.1, 0.15) is 35.1 Å². The Hall–Kier alpha value is -4.64. The van der Waals surface area contributed by atoms with E-state index in [4.69, 9.17) is 14.5 Å². The summed E-state index contributed by atoms with van der Waals surface area (Å²) in [6.45, 7) is 3.20. The van der Waals surface area contributed by atoms with Crippen molar-refractivity contribution in [2.75, 3.05) is 13.2 Å². The minimum atomic E-state index is -0.260. The molecule has 1 aromatic heterocycles. The molecule has 0 radical (unpaired) electrons. The molecule has 0 amide bonds. The second kappa shape index (κ2) is 11.0. The lowest BCUT2D eigenvalue weighted by Gasteiger charge is -2.30. The number of nitrogens with zero attached hydrogens (tertiary/aromatic N) is 1. The normalized spacial score (nSPS) is 15.0. The number of benzene rings is 4. The van der Waals surface area contributed by atoms with E-state index in [2.05, 4.69) is 35.4 Å². The van der Waals surface area contributed by atoms with Gasteiger partial charge in [0.2, 0.25) is 0 Å². The van der Waals surface area contributed by atoms with Gasteiger partial charge in [0, 0.05) is 52.5 Å². The smallest absolute Gasteiger partial charge is 0.140 e. The monoisotopic (exact) mass is 516 g/mol. The predicted molar refractivity (Wildman–Crippen MR) is 155 cm³/mol. The van der Waals surface area contributed by atoms with Gasteiger partial charge in [-0.15, -0.1) is 0 Å². The van der Waals surface area contributed by atoms with E-state index < -0.39 is 0 Å². The number of aromatic amines is 1. The van der Waals surface area contributed by atoms with Crippen LogP contribution in [0, 0.1) is 5.82 Å². The second-order valence-corrected chi connectivity index (χ2v) is 9.51. The molecular weight excluding hydrogens is 487 g/mol. The molecule has 1 aliphatic rings. The van der Waals surface area contributed by atoms with Gasteiger partial charge in [0.05, 0.1) is 6.61 Å². The number of H-pyrrole nitrogens is 1. The molecule has 39 heavy (non-hydrogen) atoms. The third-order valence-corrected chi connectivity index (χ3v) is 7.06. The van der Waals surface area contributed by atoms with Gasteiger partial charge in [-0.1, -0.05) is 48.5 Å². The van der Waals surface area contributed by atoms with Crippen LogP contribution in [0.25, 0.3) is 16.7 Å². The fraction of sp³-hybridized carbons (Fsp3) is 0.147. The van der Waals surface area contributed by atoms with Crippen molar-refractivity contribution in [3.05, 3.63) is 137 Å². The van der Waals surface area contributed by atoms with E-state index in [0.29, 0.717) is 13.2 Å². The minimum Gasteiger partial charge on any atom is -0.494 e. The lowest BCUT2D eigenvalue weighted by molar-refractivity contribution is 0.340. The zero-order valence-electron chi connectivity index (χ0n) is 21.7. The molecule has 5 aromatic rings. The van der Waals surface area contributed by atoms with Crippen molar-refractivity contribution in [3.63, 3.8) is 0 Å². The number of nitrogens with one attached hydrogen (secondary N) is 1. The van der Waals surface area contributed by atoms with Crippen LogP contribution in [-0.4, -0.2) is 24.4 Å². The van der Waals surface area contributed by atoms with E-state index >= 15 is 0 Å². The third-order valence-electron chi connectivity index (χ3n) is 7.06. The van der Waals surface area contributed by atoms with Crippen LogP contribution in [0.5, 0.6) is 11.5 Å². The van der Waals surface area contributed by atoms with Crippen molar-refractivity contribution in [2.24, 2.45) is 4.99 Å². The van der Waals surface area contributed by atoms with Crippen LogP contribution >= 0.6 is 0 Å². The number of hydrogen-bond donors (Lipinski definition) is 1. The molecular formula is C34H29FN2O2. The van der Waals surface area contributed by atoms with E-state index in [1.54, 1.807) is 0 Å². The Bertz CT molecular complexity index is 1650. The highest BCUT2D eigenvalue weighted by atomic mass is 19.1. The Morgan fingerprint density at radius 3 is 2.51 bits per heavy atom. The fourth-order valence-corrected chi connectivity index (χ4v) is 5.21. The largest absolute Gasteiger partial charge is 0.494 e. The molecule has 4 aromatic carbocycles. The van der Waals surface area contributed by atoms with E-state index in [0.717, 1.165) is 51.5 Å². The summed E-state index contributed by atoms with van der Waals surface area (Å²) in [5, 5.41) is 1.22. The summed E-state index contributed by atoms with van der Waals surface area (Å²) in [5.41, 5.74) is 6.24. The molecule has 0 saturated heterocycles. The number of hydrogen-bond acceptors (Lipinski definition) is 3. The summed E-state index contributed by atoms with van der Waals surface area (Å²) < 4.78 is 26.1. The molecule has 6 rings (SSSR count). The van der Waals surface area contributed by atoms with E-state index in [1.165, 1.54) is 23.1 Å². The summed E-state index contributed by atoms with van der Waals surface area (Å²) in [5.74, 6) is 1.91. The van der Waals surface area contributed by atoms with Gasteiger partial charge >= 0.3 is 0 Å². The van der Waals surface area contributed by atoms with E-state index in [9.17, 15) is 4.39 Å². The van der Waals surface area contributed by atoms with Crippen molar-refractivity contribution in [1.82, 2.24) is 4.98 Å². The average Bonchev–Trinajstić information content (AvgIpc) is 3.39. The molecule has 0 bridgehead atoms. The molecule has 4 nitrogen and oxygen atoms in total. The lowest BCUT2D eigenvalue weighted by atomic mass is 9.81. The number of rotatable bonds is 8. The quantitative estimate of drug-likeness (QED) is 0.213. The van der Waals surface area contributed by atoms with Crippen LogP contribution in [0.2, 0.25) is 0 Å².